The molecule has 9 heteroatoms. The molecule has 1 aromatic rings. The lowest BCUT2D eigenvalue weighted by molar-refractivity contribution is -0.122. The number of likely N-dealkylation sites (tertiary alicyclic amines) is 1. The van der Waals surface area contributed by atoms with Crippen LogP contribution in [0.5, 0.6) is 0 Å². The Kier molecular flexibility index (Phi) is 6.90. The fraction of sp³-hybridized carbons (Fsp3) is 0.414. The first-order chi connectivity index (χ1) is 18.6. The van der Waals surface area contributed by atoms with Crippen LogP contribution in [0.25, 0.3) is 5.57 Å². The first-order valence-corrected chi connectivity index (χ1v) is 13.6. The van der Waals surface area contributed by atoms with E-state index in [1.165, 1.54) is 19.3 Å². The molecule has 4 heterocycles. The highest BCUT2D eigenvalue weighted by atomic mass is 16.1. The van der Waals surface area contributed by atoms with Gasteiger partial charge < -0.3 is 21.0 Å². The van der Waals surface area contributed by atoms with Gasteiger partial charge in [0.2, 0.25) is 5.91 Å². The van der Waals surface area contributed by atoms with Gasteiger partial charge >= 0.3 is 0 Å². The number of rotatable bonds is 5. The van der Waals surface area contributed by atoms with E-state index in [1.807, 2.05) is 18.5 Å². The van der Waals surface area contributed by atoms with Crippen molar-refractivity contribution in [2.75, 3.05) is 25.0 Å². The van der Waals surface area contributed by atoms with Gasteiger partial charge in [0, 0.05) is 48.8 Å². The second kappa shape index (κ2) is 10.8. The van der Waals surface area contributed by atoms with Crippen LogP contribution >= 0.6 is 0 Å². The van der Waals surface area contributed by atoms with Gasteiger partial charge in [0.05, 0.1) is 35.9 Å². The maximum absolute atomic E-state index is 12.4. The third kappa shape index (κ3) is 5.18. The van der Waals surface area contributed by atoms with E-state index in [2.05, 4.69) is 54.8 Å². The summed E-state index contributed by atoms with van der Waals surface area (Å²) in [5.41, 5.74) is 9.66. The molecule has 0 radical (unpaired) electrons. The summed E-state index contributed by atoms with van der Waals surface area (Å²) < 4.78 is 0. The van der Waals surface area contributed by atoms with E-state index < -0.39 is 0 Å². The van der Waals surface area contributed by atoms with Crippen molar-refractivity contribution in [3.63, 3.8) is 0 Å². The Morgan fingerprint density at radius 3 is 2.82 bits per heavy atom. The summed E-state index contributed by atoms with van der Waals surface area (Å²) in [6.07, 6.45) is 19.1. The van der Waals surface area contributed by atoms with E-state index in [9.17, 15) is 4.79 Å². The summed E-state index contributed by atoms with van der Waals surface area (Å²) >= 11 is 0. The maximum atomic E-state index is 12.4. The molecule has 1 atom stereocenters. The van der Waals surface area contributed by atoms with E-state index in [-0.39, 0.29) is 17.9 Å². The van der Waals surface area contributed by atoms with Crippen LogP contribution in [0.2, 0.25) is 0 Å². The highest BCUT2D eigenvalue weighted by Gasteiger charge is 2.31. The fourth-order valence-corrected chi connectivity index (χ4v) is 5.37. The molecule has 1 aromatic heterocycles. The predicted molar refractivity (Wildman–Crippen MR) is 152 cm³/mol. The SMILES string of the molecule is C=C1C=N/C=C(/N2CCCCC2)CN=C(C2=NNC3CC=C(c4cncc(NC(=O)C5CCC5)c4)C=C23)N1. The van der Waals surface area contributed by atoms with Crippen LogP contribution in [-0.2, 0) is 4.79 Å². The number of amidine groups is 1. The third-order valence-electron chi connectivity index (χ3n) is 7.80. The molecular weight excluding hydrogens is 476 g/mol. The minimum absolute atomic E-state index is 0.0828. The van der Waals surface area contributed by atoms with E-state index in [0.29, 0.717) is 18.1 Å². The van der Waals surface area contributed by atoms with Crippen molar-refractivity contribution < 1.29 is 4.79 Å². The number of aliphatic imine (C=N–C) groups is 2. The quantitative estimate of drug-likeness (QED) is 0.559. The minimum Gasteiger partial charge on any atom is -0.372 e. The number of hydrogen-bond donors (Lipinski definition) is 3. The average molecular weight is 511 g/mol. The summed E-state index contributed by atoms with van der Waals surface area (Å²) in [5, 5.41) is 11.0. The van der Waals surface area contributed by atoms with Gasteiger partial charge in [-0.3, -0.25) is 19.8 Å². The number of aromatic nitrogens is 1. The van der Waals surface area contributed by atoms with Gasteiger partial charge in [0.1, 0.15) is 5.71 Å². The Balaban J connectivity index is 1.23. The standard InChI is InChI=1S/C29H34N8O/c1-19-14-30-17-24(37-10-3-2-4-11-37)18-32-28(33-19)27-25-13-21(8-9-26(25)35-36-27)22-12-23(16-31-15-22)34-29(38)20-6-5-7-20/h8,12-17,20,26,35H,1-7,9-11,18H2,(H,32,33)(H,34,38)/b24-17+,30-14?. The molecular formula is C29H34N8O. The summed E-state index contributed by atoms with van der Waals surface area (Å²) in [4.78, 5) is 28.7. The Morgan fingerprint density at radius 2 is 2.00 bits per heavy atom. The van der Waals surface area contributed by atoms with E-state index in [0.717, 1.165) is 72.6 Å². The average Bonchev–Trinajstić information content (AvgIpc) is 3.35. The van der Waals surface area contributed by atoms with Gasteiger partial charge in [0.15, 0.2) is 5.84 Å². The lowest BCUT2D eigenvalue weighted by Gasteiger charge is -2.30. The number of nitrogens with one attached hydrogen (secondary N) is 3. The van der Waals surface area contributed by atoms with Gasteiger partial charge in [-0.25, -0.2) is 0 Å². The topological polar surface area (TPSA) is 106 Å². The molecule has 0 aromatic carbocycles. The summed E-state index contributed by atoms with van der Waals surface area (Å²) in [7, 11) is 0. The van der Waals surface area contributed by atoms with Crippen molar-refractivity contribution in [3.8, 4) is 0 Å². The van der Waals surface area contributed by atoms with Crippen LogP contribution in [0.15, 0.2) is 75.4 Å². The number of nitrogens with zero attached hydrogens (tertiary/aromatic N) is 5. The van der Waals surface area contributed by atoms with Crippen molar-refractivity contribution >= 4 is 34.9 Å². The monoisotopic (exact) mass is 510 g/mol. The lowest BCUT2D eigenvalue weighted by atomic mass is 9.85. The van der Waals surface area contributed by atoms with Gasteiger partial charge in [-0.05, 0) is 56.2 Å². The van der Waals surface area contributed by atoms with Gasteiger partial charge in [-0.15, -0.1) is 0 Å². The van der Waals surface area contributed by atoms with Gasteiger partial charge in [0.25, 0.3) is 0 Å². The van der Waals surface area contributed by atoms with E-state index in [1.54, 1.807) is 12.4 Å². The Bertz CT molecular complexity index is 1310. The minimum atomic E-state index is 0.0828. The van der Waals surface area contributed by atoms with Gasteiger partial charge in [-0.1, -0.05) is 19.1 Å². The molecule has 2 aliphatic carbocycles. The zero-order chi connectivity index (χ0) is 25.9. The number of carbonyl (C=O) groups is 1. The summed E-state index contributed by atoms with van der Waals surface area (Å²) in [5.74, 6) is 0.908. The highest BCUT2D eigenvalue weighted by Crippen LogP contribution is 2.31. The molecule has 1 amide bonds. The van der Waals surface area contributed by atoms with Gasteiger partial charge in [-0.2, -0.15) is 5.10 Å². The van der Waals surface area contributed by atoms with Crippen molar-refractivity contribution in [1.29, 1.82) is 0 Å². The molecule has 3 N–H and O–H groups in total. The number of allylic oxidation sites excluding steroid dienone is 3. The number of anilines is 1. The number of amides is 1. The number of hydrazone groups is 1. The van der Waals surface area contributed by atoms with Crippen molar-refractivity contribution in [2.24, 2.45) is 21.0 Å². The van der Waals surface area contributed by atoms with Crippen LogP contribution in [0.1, 0.15) is 50.5 Å². The summed E-state index contributed by atoms with van der Waals surface area (Å²) in [6, 6.07) is 2.08. The molecule has 9 nitrogen and oxygen atoms in total. The molecule has 196 valence electrons. The molecule has 2 fully saturated rings. The van der Waals surface area contributed by atoms with E-state index >= 15 is 0 Å². The molecule has 5 aliphatic rings. The summed E-state index contributed by atoms with van der Waals surface area (Å²) in [6.45, 7) is 6.71. The fourth-order valence-electron chi connectivity index (χ4n) is 5.37. The maximum Gasteiger partial charge on any atom is 0.227 e. The molecule has 1 saturated carbocycles. The van der Waals surface area contributed by atoms with Crippen molar-refractivity contribution in [1.82, 2.24) is 20.6 Å². The molecule has 1 saturated heterocycles. The first-order valence-electron chi connectivity index (χ1n) is 13.6. The third-order valence-corrected chi connectivity index (χ3v) is 7.80. The zero-order valence-corrected chi connectivity index (χ0v) is 21.6. The zero-order valence-electron chi connectivity index (χ0n) is 21.6. The second-order valence-corrected chi connectivity index (χ2v) is 10.5. The highest BCUT2D eigenvalue weighted by molar-refractivity contribution is 6.49. The lowest BCUT2D eigenvalue weighted by Crippen LogP contribution is -2.34. The normalized spacial score (nSPS) is 24.9. The van der Waals surface area contributed by atoms with E-state index in [4.69, 9.17) is 4.99 Å². The van der Waals surface area contributed by atoms with Crippen LogP contribution < -0.4 is 16.1 Å². The van der Waals surface area contributed by atoms with Crippen LogP contribution in [0, 0.1) is 5.92 Å². The number of carbonyl (C=O) groups excluding carboxylic acids is 1. The molecule has 0 bridgehead atoms. The Morgan fingerprint density at radius 1 is 1.13 bits per heavy atom. The van der Waals surface area contributed by atoms with Crippen molar-refractivity contribution in [3.05, 3.63) is 65.9 Å². The molecule has 3 aliphatic heterocycles. The molecule has 0 spiro atoms. The Hall–Kier alpha value is -4.01. The number of fused-ring (bicyclic) bond motifs is 1. The largest absolute Gasteiger partial charge is 0.372 e. The smallest absolute Gasteiger partial charge is 0.227 e. The second-order valence-electron chi connectivity index (χ2n) is 10.5. The predicted octanol–water partition coefficient (Wildman–Crippen LogP) is 3.78. The molecule has 6 rings (SSSR count). The Labute approximate surface area is 223 Å². The van der Waals surface area contributed by atoms with Crippen LogP contribution in [-0.4, -0.2) is 59.2 Å². The first kappa shape index (κ1) is 24.3. The van der Waals surface area contributed by atoms with Crippen LogP contribution in [0.3, 0.4) is 0 Å². The van der Waals surface area contributed by atoms with Crippen molar-refractivity contribution in [2.45, 2.75) is 51.0 Å². The molecule has 1 unspecified atom stereocenters. The number of hydrogen-bond acceptors (Lipinski definition) is 8. The number of piperidine rings is 1. The molecule has 38 heavy (non-hydrogen) atoms. The van der Waals surface area contributed by atoms with Crippen LogP contribution in [0.4, 0.5) is 5.69 Å². The number of pyridine rings is 1.